The number of nitrogens with zero attached hydrogens (tertiary/aromatic N) is 1. The van der Waals surface area contributed by atoms with Crippen molar-refractivity contribution >= 4 is 10.0 Å². The highest BCUT2D eigenvalue weighted by Gasteiger charge is 2.17. The molecule has 0 atom stereocenters. The lowest BCUT2D eigenvalue weighted by molar-refractivity contribution is 0.213. The molecule has 0 aromatic heterocycles. The van der Waals surface area contributed by atoms with Gasteiger partial charge in [0, 0.05) is 6.54 Å². The van der Waals surface area contributed by atoms with Crippen LogP contribution < -0.4 is 4.72 Å². The summed E-state index contributed by atoms with van der Waals surface area (Å²) in [5, 5.41) is 0. The first-order valence-corrected chi connectivity index (χ1v) is 8.90. The molecule has 4 nitrogen and oxygen atoms in total. The maximum absolute atomic E-state index is 12.0. The predicted molar refractivity (Wildman–Crippen MR) is 81.9 cm³/mol. The topological polar surface area (TPSA) is 49.4 Å². The molecule has 1 aromatic carbocycles. The van der Waals surface area contributed by atoms with E-state index in [9.17, 15) is 8.42 Å². The molecule has 1 saturated heterocycles. The van der Waals surface area contributed by atoms with Gasteiger partial charge in [0.05, 0.1) is 5.75 Å². The van der Waals surface area contributed by atoms with Crippen molar-refractivity contribution in [1.82, 2.24) is 9.62 Å². The monoisotopic (exact) mass is 296 g/mol. The molecule has 5 heteroatoms. The molecule has 0 aliphatic carbocycles. The van der Waals surface area contributed by atoms with Gasteiger partial charge in [-0.3, -0.25) is 0 Å². The van der Waals surface area contributed by atoms with E-state index >= 15 is 0 Å². The van der Waals surface area contributed by atoms with Crippen LogP contribution in [-0.4, -0.2) is 40.0 Å². The first-order valence-electron chi connectivity index (χ1n) is 7.25. The van der Waals surface area contributed by atoms with Crippen LogP contribution >= 0.6 is 0 Å². The summed E-state index contributed by atoms with van der Waals surface area (Å²) in [4.78, 5) is 2.33. The van der Waals surface area contributed by atoms with Crippen LogP contribution in [0.3, 0.4) is 0 Å². The van der Waals surface area contributed by atoms with E-state index in [-0.39, 0.29) is 5.75 Å². The molecule has 2 rings (SSSR count). The normalized spacial score (nSPS) is 18.2. The summed E-state index contributed by atoms with van der Waals surface area (Å²) >= 11 is 0. The number of benzene rings is 1. The third-order valence-electron chi connectivity index (χ3n) is 3.91. The van der Waals surface area contributed by atoms with Gasteiger partial charge >= 0.3 is 0 Å². The minimum Gasteiger partial charge on any atom is -0.306 e. The van der Waals surface area contributed by atoms with Crippen molar-refractivity contribution in [1.29, 1.82) is 0 Å². The smallest absolute Gasteiger partial charge is 0.215 e. The zero-order chi connectivity index (χ0) is 14.4. The van der Waals surface area contributed by atoms with Gasteiger partial charge in [-0.05, 0) is 50.9 Å². The quantitative estimate of drug-likeness (QED) is 0.871. The fourth-order valence-electron chi connectivity index (χ4n) is 2.61. The Labute approximate surface area is 122 Å². The van der Waals surface area contributed by atoms with Gasteiger partial charge in [-0.25, -0.2) is 13.1 Å². The number of nitrogens with one attached hydrogen (secondary N) is 1. The highest BCUT2D eigenvalue weighted by molar-refractivity contribution is 7.88. The van der Waals surface area contributed by atoms with Crippen molar-refractivity contribution in [2.24, 2.45) is 5.92 Å². The van der Waals surface area contributed by atoms with Crippen LogP contribution in [0, 0.1) is 5.92 Å². The zero-order valence-electron chi connectivity index (χ0n) is 12.1. The molecule has 1 heterocycles. The summed E-state index contributed by atoms with van der Waals surface area (Å²) in [6.45, 7) is 2.81. The number of piperidine rings is 1. The molecule has 0 amide bonds. The summed E-state index contributed by atoms with van der Waals surface area (Å²) in [5.74, 6) is 0.729. The zero-order valence-corrected chi connectivity index (χ0v) is 12.9. The third-order valence-corrected chi connectivity index (χ3v) is 5.27. The molecule has 20 heavy (non-hydrogen) atoms. The Morgan fingerprint density at radius 2 is 1.85 bits per heavy atom. The first-order chi connectivity index (χ1) is 9.55. The Balaban J connectivity index is 1.73. The van der Waals surface area contributed by atoms with E-state index in [0.29, 0.717) is 12.5 Å². The highest BCUT2D eigenvalue weighted by Crippen LogP contribution is 2.18. The number of hydrogen-bond acceptors (Lipinski definition) is 3. The third kappa shape index (κ3) is 5.23. The molecule has 1 aliphatic rings. The van der Waals surface area contributed by atoms with Gasteiger partial charge < -0.3 is 4.90 Å². The van der Waals surface area contributed by atoms with Crippen LogP contribution in [0.25, 0.3) is 0 Å². The first kappa shape index (κ1) is 15.5. The number of likely N-dealkylation sites (tertiary alicyclic amines) is 1. The van der Waals surface area contributed by atoms with Crippen LogP contribution in [0.2, 0.25) is 0 Å². The second-order valence-corrected chi connectivity index (χ2v) is 7.48. The number of hydrogen-bond donors (Lipinski definition) is 1. The molecule has 1 fully saturated rings. The molecule has 0 spiro atoms. The van der Waals surface area contributed by atoms with Crippen LogP contribution in [0.1, 0.15) is 24.8 Å². The maximum atomic E-state index is 12.0. The summed E-state index contributed by atoms with van der Waals surface area (Å²) in [6.07, 6.45) is 3.30. The molecule has 0 unspecified atom stereocenters. The summed E-state index contributed by atoms with van der Waals surface area (Å²) in [7, 11) is -1.07. The van der Waals surface area contributed by atoms with Crippen LogP contribution in [-0.2, 0) is 15.8 Å². The van der Waals surface area contributed by atoms with Gasteiger partial charge in [-0.15, -0.1) is 0 Å². The van der Waals surface area contributed by atoms with Crippen molar-refractivity contribution < 1.29 is 8.42 Å². The average molecular weight is 296 g/mol. The Morgan fingerprint density at radius 1 is 1.20 bits per heavy atom. The van der Waals surface area contributed by atoms with Crippen LogP contribution in [0.15, 0.2) is 30.3 Å². The molecule has 0 bridgehead atoms. The van der Waals surface area contributed by atoms with Gasteiger partial charge in [-0.2, -0.15) is 0 Å². The average Bonchev–Trinajstić information content (AvgIpc) is 2.41. The molecule has 0 saturated carbocycles. The molecule has 1 aromatic rings. The summed E-state index contributed by atoms with van der Waals surface area (Å²) < 4.78 is 26.7. The number of sulfonamides is 1. The van der Waals surface area contributed by atoms with Crippen LogP contribution in [0.4, 0.5) is 0 Å². The maximum Gasteiger partial charge on any atom is 0.215 e. The lowest BCUT2D eigenvalue weighted by atomic mass is 9.94. The van der Waals surface area contributed by atoms with E-state index in [1.54, 1.807) is 0 Å². The largest absolute Gasteiger partial charge is 0.306 e. The fourth-order valence-corrected chi connectivity index (χ4v) is 3.78. The number of rotatable bonds is 6. The van der Waals surface area contributed by atoms with Gasteiger partial charge in [-0.1, -0.05) is 30.3 Å². The van der Waals surface area contributed by atoms with Gasteiger partial charge in [0.15, 0.2) is 0 Å². The molecule has 112 valence electrons. The molecular formula is C15H24N2O2S. The lowest BCUT2D eigenvalue weighted by Gasteiger charge is -2.28. The predicted octanol–water partition coefficient (Wildman–Crippen LogP) is 1.84. The second-order valence-electron chi connectivity index (χ2n) is 5.67. The molecular weight excluding hydrogens is 272 g/mol. The SMILES string of the molecule is CN1CCC(CCNS(=O)(=O)Cc2ccccc2)CC1. The summed E-state index contributed by atoms with van der Waals surface area (Å²) in [6, 6.07) is 9.31. The van der Waals surface area contributed by atoms with Crippen molar-refractivity contribution in [2.45, 2.75) is 25.0 Å². The standard InChI is InChI=1S/C15H24N2O2S/c1-17-11-8-14(9-12-17)7-10-16-20(18,19)13-15-5-3-2-4-6-15/h2-6,14,16H,7-13H2,1H3. The summed E-state index contributed by atoms with van der Waals surface area (Å²) in [5.41, 5.74) is 0.833. The minimum atomic E-state index is -3.21. The van der Waals surface area contributed by atoms with E-state index in [0.717, 1.165) is 25.1 Å². The fraction of sp³-hybridized carbons (Fsp3) is 0.600. The van der Waals surface area contributed by atoms with Gasteiger partial charge in [0.2, 0.25) is 10.0 Å². The van der Waals surface area contributed by atoms with Crippen molar-refractivity contribution in [3.05, 3.63) is 35.9 Å². The minimum absolute atomic E-state index is 0.0707. The van der Waals surface area contributed by atoms with E-state index in [2.05, 4.69) is 16.7 Å². The molecule has 1 N–H and O–H groups in total. The lowest BCUT2D eigenvalue weighted by Crippen LogP contribution is -2.33. The van der Waals surface area contributed by atoms with Gasteiger partial charge in [0.25, 0.3) is 0 Å². The second kappa shape index (κ2) is 7.20. The Morgan fingerprint density at radius 3 is 2.50 bits per heavy atom. The van der Waals surface area contributed by atoms with Crippen molar-refractivity contribution in [3.8, 4) is 0 Å². The van der Waals surface area contributed by atoms with E-state index in [4.69, 9.17) is 0 Å². The van der Waals surface area contributed by atoms with Crippen molar-refractivity contribution in [2.75, 3.05) is 26.7 Å². The van der Waals surface area contributed by atoms with E-state index in [1.807, 2.05) is 30.3 Å². The van der Waals surface area contributed by atoms with Crippen molar-refractivity contribution in [3.63, 3.8) is 0 Å². The Hall–Kier alpha value is -0.910. The van der Waals surface area contributed by atoms with E-state index in [1.165, 1.54) is 12.8 Å². The van der Waals surface area contributed by atoms with E-state index < -0.39 is 10.0 Å². The Kier molecular flexibility index (Phi) is 5.57. The molecule has 0 radical (unpaired) electrons. The highest BCUT2D eigenvalue weighted by atomic mass is 32.2. The Bertz CT molecular complexity index is 494. The molecule has 1 aliphatic heterocycles. The van der Waals surface area contributed by atoms with Crippen LogP contribution in [0.5, 0.6) is 0 Å². The van der Waals surface area contributed by atoms with Gasteiger partial charge in [0.1, 0.15) is 0 Å².